The number of amides is 1. The molecule has 0 radical (unpaired) electrons. The van der Waals surface area contributed by atoms with Crippen LogP contribution in [0.15, 0.2) is 0 Å². The Hall–Kier alpha value is -0.280. The van der Waals surface area contributed by atoms with E-state index < -0.39 is 0 Å². The number of carbonyl (C=O) groups is 1. The van der Waals surface area contributed by atoms with Crippen LogP contribution >= 0.6 is 11.6 Å². The Kier molecular flexibility index (Phi) is 4.09. The van der Waals surface area contributed by atoms with Gasteiger partial charge in [-0.15, -0.1) is 11.6 Å². The van der Waals surface area contributed by atoms with Gasteiger partial charge in [0.1, 0.15) is 0 Å². The number of hydrogen-bond donors (Lipinski definition) is 0. The third-order valence-electron chi connectivity index (χ3n) is 3.69. The van der Waals surface area contributed by atoms with Crippen LogP contribution in [0.4, 0.5) is 0 Å². The quantitative estimate of drug-likeness (QED) is 0.712. The number of hydrogen-bond acceptors (Lipinski definition) is 2. The first kappa shape index (κ1) is 12.2. The van der Waals surface area contributed by atoms with Gasteiger partial charge in [0.05, 0.1) is 24.6 Å². The van der Waals surface area contributed by atoms with Crippen molar-refractivity contribution in [2.75, 3.05) is 19.0 Å². The Balaban J connectivity index is 1.86. The first-order chi connectivity index (χ1) is 7.70. The Morgan fingerprint density at radius 2 is 2.25 bits per heavy atom. The van der Waals surface area contributed by atoms with Crippen LogP contribution in [0.2, 0.25) is 0 Å². The first-order valence-corrected chi connectivity index (χ1v) is 6.71. The average molecular weight is 246 g/mol. The molecule has 2 rings (SSSR count). The molecule has 16 heavy (non-hydrogen) atoms. The zero-order valence-electron chi connectivity index (χ0n) is 9.82. The minimum absolute atomic E-state index is 0.0169. The van der Waals surface area contributed by atoms with E-state index in [1.54, 1.807) is 0 Å². The van der Waals surface area contributed by atoms with Gasteiger partial charge in [-0.1, -0.05) is 6.42 Å². The van der Waals surface area contributed by atoms with Crippen LogP contribution in [0.5, 0.6) is 0 Å². The Morgan fingerprint density at radius 1 is 1.50 bits per heavy atom. The molecule has 1 saturated carbocycles. The maximum absolute atomic E-state index is 12.1. The number of ether oxygens (including phenoxy) is 1. The Bertz CT molecular complexity index is 255. The highest BCUT2D eigenvalue weighted by atomic mass is 35.5. The average Bonchev–Trinajstić information content (AvgIpc) is 2.24. The molecule has 0 N–H and O–H groups in total. The topological polar surface area (TPSA) is 29.5 Å². The van der Waals surface area contributed by atoms with E-state index >= 15 is 0 Å². The van der Waals surface area contributed by atoms with E-state index in [2.05, 4.69) is 0 Å². The van der Waals surface area contributed by atoms with Gasteiger partial charge in [-0.05, 0) is 25.7 Å². The van der Waals surface area contributed by atoms with Gasteiger partial charge in [-0.25, -0.2) is 0 Å². The van der Waals surface area contributed by atoms with Crippen molar-refractivity contribution in [2.45, 2.75) is 44.8 Å². The van der Waals surface area contributed by atoms with E-state index in [4.69, 9.17) is 16.3 Å². The Labute approximate surface area is 102 Å². The number of carbonyl (C=O) groups excluding carboxylic acids is 1. The second-order valence-electron chi connectivity index (χ2n) is 5.01. The number of rotatable bonds is 3. The molecule has 2 unspecified atom stereocenters. The van der Waals surface area contributed by atoms with Gasteiger partial charge in [0.25, 0.3) is 0 Å². The largest absolute Gasteiger partial charge is 0.373 e. The van der Waals surface area contributed by atoms with E-state index in [1.165, 1.54) is 19.3 Å². The van der Waals surface area contributed by atoms with Crippen LogP contribution in [-0.4, -0.2) is 42.0 Å². The van der Waals surface area contributed by atoms with Crippen molar-refractivity contribution in [2.24, 2.45) is 5.92 Å². The van der Waals surface area contributed by atoms with Crippen LogP contribution in [0.3, 0.4) is 0 Å². The maximum atomic E-state index is 12.1. The smallest absolute Gasteiger partial charge is 0.223 e. The van der Waals surface area contributed by atoms with Crippen molar-refractivity contribution >= 4 is 17.5 Å². The molecular formula is C12H20ClNO2. The number of morpholine rings is 1. The summed E-state index contributed by atoms with van der Waals surface area (Å²) in [6.45, 7) is 3.33. The molecule has 1 aliphatic carbocycles. The van der Waals surface area contributed by atoms with Crippen molar-refractivity contribution in [1.82, 2.24) is 4.90 Å². The van der Waals surface area contributed by atoms with E-state index in [0.29, 0.717) is 24.9 Å². The fourth-order valence-electron chi connectivity index (χ4n) is 2.32. The fraction of sp³-hybridized carbons (Fsp3) is 0.917. The molecule has 4 heteroatoms. The molecule has 1 saturated heterocycles. The predicted molar refractivity (Wildman–Crippen MR) is 63.6 cm³/mol. The van der Waals surface area contributed by atoms with Crippen molar-refractivity contribution in [3.8, 4) is 0 Å². The molecule has 1 amide bonds. The molecule has 92 valence electrons. The molecule has 2 atom stereocenters. The number of nitrogens with zero attached hydrogens (tertiary/aromatic N) is 1. The van der Waals surface area contributed by atoms with Gasteiger partial charge in [0.15, 0.2) is 0 Å². The molecular weight excluding hydrogens is 226 g/mol. The van der Waals surface area contributed by atoms with Gasteiger partial charge in [-0.3, -0.25) is 4.79 Å². The molecule has 0 aromatic heterocycles. The summed E-state index contributed by atoms with van der Waals surface area (Å²) < 4.78 is 5.54. The number of halogens is 1. The van der Waals surface area contributed by atoms with Crippen LogP contribution < -0.4 is 0 Å². The van der Waals surface area contributed by atoms with E-state index in [0.717, 1.165) is 6.42 Å². The number of alkyl halides is 1. The molecule has 1 aliphatic heterocycles. The second-order valence-corrected chi connectivity index (χ2v) is 5.31. The summed E-state index contributed by atoms with van der Waals surface area (Å²) in [6.07, 6.45) is 4.48. The summed E-state index contributed by atoms with van der Waals surface area (Å²) in [5.74, 6) is 1.40. The van der Waals surface area contributed by atoms with Crippen LogP contribution in [-0.2, 0) is 9.53 Å². The molecule has 2 aliphatic rings. The lowest BCUT2D eigenvalue weighted by molar-refractivity contribution is -0.144. The van der Waals surface area contributed by atoms with Crippen molar-refractivity contribution in [3.63, 3.8) is 0 Å². The summed E-state index contributed by atoms with van der Waals surface area (Å²) in [7, 11) is 0. The maximum Gasteiger partial charge on any atom is 0.223 e. The standard InChI is InChI=1S/C12H20ClNO2/c1-9-8-16-11(6-13)7-14(9)12(15)5-10-3-2-4-10/h9-11H,2-8H2,1H3. The molecule has 0 bridgehead atoms. The first-order valence-electron chi connectivity index (χ1n) is 6.17. The van der Waals surface area contributed by atoms with E-state index in [9.17, 15) is 4.79 Å². The monoisotopic (exact) mass is 245 g/mol. The summed E-state index contributed by atoms with van der Waals surface area (Å²) in [5, 5.41) is 0. The summed E-state index contributed by atoms with van der Waals surface area (Å²) in [5.41, 5.74) is 0. The SMILES string of the molecule is CC1COC(CCl)CN1C(=O)CC1CCC1. The molecule has 3 nitrogen and oxygen atoms in total. The molecule has 0 aromatic carbocycles. The third kappa shape index (κ3) is 2.69. The minimum Gasteiger partial charge on any atom is -0.373 e. The molecule has 2 fully saturated rings. The normalized spacial score (nSPS) is 31.2. The second kappa shape index (κ2) is 5.37. The Morgan fingerprint density at radius 3 is 2.81 bits per heavy atom. The van der Waals surface area contributed by atoms with Crippen molar-refractivity contribution in [3.05, 3.63) is 0 Å². The highest BCUT2D eigenvalue weighted by Gasteiger charge is 2.31. The van der Waals surface area contributed by atoms with Crippen LogP contribution in [0, 0.1) is 5.92 Å². The van der Waals surface area contributed by atoms with E-state index in [1.807, 2.05) is 11.8 Å². The lowest BCUT2D eigenvalue weighted by atomic mass is 9.82. The van der Waals surface area contributed by atoms with Crippen LogP contribution in [0.25, 0.3) is 0 Å². The molecule has 1 heterocycles. The van der Waals surface area contributed by atoms with Gasteiger partial charge in [0, 0.05) is 13.0 Å². The van der Waals surface area contributed by atoms with Gasteiger partial charge < -0.3 is 9.64 Å². The fourth-order valence-corrected chi connectivity index (χ4v) is 2.51. The van der Waals surface area contributed by atoms with Gasteiger partial charge in [-0.2, -0.15) is 0 Å². The van der Waals surface area contributed by atoms with Gasteiger partial charge >= 0.3 is 0 Å². The zero-order valence-corrected chi connectivity index (χ0v) is 10.6. The van der Waals surface area contributed by atoms with Crippen molar-refractivity contribution in [1.29, 1.82) is 0 Å². The van der Waals surface area contributed by atoms with E-state index in [-0.39, 0.29) is 18.1 Å². The highest BCUT2D eigenvalue weighted by molar-refractivity contribution is 6.18. The van der Waals surface area contributed by atoms with Crippen LogP contribution in [0.1, 0.15) is 32.6 Å². The third-order valence-corrected chi connectivity index (χ3v) is 4.03. The lowest BCUT2D eigenvalue weighted by Gasteiger charge is -2.39. The minimum atomic E-state index is 0.0169. The lowest BCUT2D eigenvalue weighted by Crippen LogP contribution is -2.52. The highest BCUT2D eigenvalue weighted by Crippen LogP contribution is 2.30. The zero-order chi connectivity index (χ0) is 11.5. The summed E-state index contributed by atoms with van der Waals surface area (Å²) in [6, 6.07) is 0.201. The predicted octanol–water partition coefficient (Wildman–Crippen LogP) is 2.03. The summed E-state index contributed by atoms with van der Waals surface area (Å²) in [4.78, 5) is 14.1. The van der Waals surface area contributed by atoms with Crippen molar-refractivity contribution < 1.29 is 9.53 Å². The molecule has 0 aromatic rings. The van der Waals surface area contributed by atoms with Gasteiger partial charge in [0.2, 0.25) is 5.91 Å². The molecule has 0 spiro atoms. The summed E-state index contributed by atoms with van der Waals surface area (Å²) >= 11 is 5.78.